The van der Waals surface area contributed by atoms with Gasteiger partial charge in [-0.3, -0.25) is 0 Å². The van der Waals surface area contributed by atoms with Gasteiger partial charge in [0.25, 0.3) is 5.89 Å². The first kappa shape index (κ1) is 21.8. The summed E-state index contributed by atoms with van der Waals surface area (Å²) < 4.78 is 19.1. The van der Waals surface area contributed by atoms with Crippen LogP contribution in [0.3, 0.4) is 0 Å². The van der Waals surface area contributed by atoms with Gasteiger partial charge < -0.3 is 14.7 Å². The van der Waals surface area contributed by atoms with Gasteiger partial charge in [0.2, 0.25) is 5.82 Å². The third kappa shape index (κ3) is 4.42. The van der Waals surface area contributed by atoms with Crippen molar-refractivity contribution in [3.8, 4) is 10.7 Å². The van der Waals surface area contributed by atoms with Crippen molar-refractivity contribution >= 4 is 45.8 Å². The summed E-state index contributed by atoms with van der Waals surface area (Å²) in [7, 11) is 0. The first-order valence-electron chi connectivity index (χ1n) is 10.2. The normalized spacial score (nSPS) is 16.3. The second-order valence-corrected chi connectivity index (χ2v) is 9.32. The third-order valence-electron chi connectivity index (χ3n) is 5.43. The number of halogens is 2. The average molecular weight is 497 g/mol. The predicted molar refractivity (Wildman–Crippen MR) is 132 cm³/mol. The number of rotatable bonds is 5. The molecule has 0 bridgehead atoms. The highest BCUT2D eigenvalue weighted by molar-refractivity contribution is 7.80. The Morgan fingerprint density at radius 2 is 2.00 bits per heavy atom. The van der Waals surface area contributed by atoms with E-state index in [2.05, 4.69) is 15.5 Å². The number of aromatic nitrogens is 2. The van der Waals surface area contributed by atoms with E-state index in [0.717, 1.165) is 27.3 Å². The van der Waals surface area contributed by atoms with Gasteiger partial charge in [0.1, 0.15) is 5.82 Å². The molecule has 0 saturated heterocycles. The Labute approximate surface area is 204 Å². The number of thiocarbonyl (C=S) groups is 1. The standard InChI is InChI=1S/C24H18ClFN4OS2/c1-14-20(23-28-22(29-31-23)19-6-3-11-33-19)21(16-4-2-5-17(25)12-16)27-24(32)30(14)13-15-7-9-18(26)10-8-15/h2-12,21H,13H2,1H3,(H,27,32). The number of benzene rings is 2. The van der Waals surface area contributed by atoms with Crippen molar-refractivity contribution in [1.29, 1.82) is 0 Å². The van der Waals surface area contributed by atoms with Crippen LogP contribution >= 0.6 is 35.2 Å². The predicted octanol–water partition coefficient (Wildman–Crippen LogP) is 6.45. The van der Waals surface area contributed by atoms with Gasteiger partial charge in [-0.2, -0.15) is 4.98 Å². The molecule has 0 spiro atoms. The Bertz CT molecular complexity index is 1330. The quantitative estimate of drug-likeness (QED) is 0.320. The topological polar surface area (TPSA) is 54.2 Å². The van der Waals surface area contributed by atoms with Gasteiger partial charge in [0, 0.05) is 17.3 Å². The molecule has 1 aliphatic rings. The van der Waals surface area contributed by atoms with Crippen molar-refractivity contribution in [2.75, 3.05) is 0 Å². The number of thiophene rings is 1. The summed E-state index contributed by atoms with van der Waals surface area (Å²) in [6, 6.07) is 17.5. The smallest absolute Gasteiger partial charge is 0.258 e. The second kappa shape index (κ2) is 9.05. The zero-order valence-electron chi connectivity index (χ0n) is 17.5. The van der Waals surface area contributed by atoms with E-state index in [1.807, 2.05) is 53.6 Å². The molecule has 1 aliphatic heterocycles. The van der Waals surface area contributed by atoms with Gasteiger partial charge in [-0.1, -0.05) is 47.1 Å². The molecule has 0 amide bonds. The van der Waals surface area contributed by atoms with Crippen LogP contribution < -0.4 is 5.32 Å². The van der Waals surface area contributed by atoms with Crippen molar-refractivity contribution in [2.45, 2.75) is 19.5 Å². The first-order valence-corrected chi connectivity index (χ1v) is 11.8. The van der Waals surface area contributed by atoms with Crippen molar-refractivity contribution in [2.24, 2.45) is 0 Å². The summed E-state index contributed by atoms with van der Waals surface area (Å²) in [6.45, 7) is 2.44. The lowest BCUT2D eigenvalue weighted by molar-refractivity contribution is 0.396. The van der Waals surface area contributed by atoms with Crippen LogP contribution in [0.25, 0.3) is 16.3 Å². The number of nitrogens with zero attached hydrogens (tertiary/aromatic N) is 3. The Morgan fingerprint density at radius 3 is 2.73 bits per heavy atom. The number of nitrogens with one attached hydrogen (secondary N) is 1. The average Bonchev–Trinajstić information content (AvgIpc) is 3.50. The monoisotopic (exact) mass is 496 g/mol. The van der Waals surface area contributed by atoms with Gasteiger partial charge in [-0.05, 0) is 66.0 Å². The molecule has 0 fully saturated rings. The van der Waals surface area contributed by atoms with E-state index in [9.17, 15) is 4.39 Å². The molecule has 2 aromatic heterocycles. The van der Waals surface area contributed by atoms with Crippen LogP contribution in [-0.4, -0.2) is 20.2 Å². The Hall–Kier alpha value is -3.07. The molecule has 1 atom stereocenters. The lowest BCUT2D eigenvalue weighted by atomic mass is 9.94. The maximum Gasteiger partial charge on any atom is 0.258 e. The fourth-order valence-electron chi connectivity index (χ4n) is 3.80. The summed E-state index contributed by atoms with van der Waals surface area (Å²) in [5.74, 6) is 0.655. The molecule has 0 aliphatic carbocycles. The van der Waals surface area contributed by atoms with E-state index < -0.39 is 0 Å². The summed E-state index contributed by atoms with van der Waals surface area (Å²) in [5.41, 5.74) is 3.53. The van der Waals surface area contributed by atoms with Crippen LogP contribution in [0.1, 0.15) is 30.0 Å². The molecule has 5 nitrogen and oxygen atoms in total. The van der Waals surface area contributed by atoms with Crippen LogP contribution in [0.2, 0.25) is 5.02 Å². The van der Waals surface area contributed by atoms with Crippen LogP contribution in [0.15, 0.2) is 76.3 Å². The van der Waals surface area contributed by atoms with E-state index >= 15 is 0 Å². The molecule has 33 heavy (non-hydrogen) atoms. The number of allylic oxidation sites excluding steroid dienone is 1. The molecule has 1 unspecified atom stereocenters. The number of hydrogen-bond acceptors (Lipinski definition) is 5. The molecule has 0 radical (unpaired) electrons. The fourth-order valence-corrected chi connectivity index (χ4v) is 4.96. The van der Waals surface area contributed by atoms with E-state index in [1.165, 1.54) is 12.1 Å². The molecule has 166 valence electrons. The van der Waals surface area contributed by atoms with Crippen LogP contribution in [0.4, 0.5) is 4.39 Å². The van der Waals surface area contributed by atoms with E-state index in [1.54, 1.807) is 23.5 Å². The van der Waals surface area contributed by atoms with E-state index in [-0.39, 0.29) is 11.9 Å². The maximum atomic E-state index is 13.4. The SMILES string of the molecule is CC1=C(c2nc(-c3cccs3)no2)C(c2cccc(Cl)c2)NC(=S)N1Cc1ccc(F)cc1. The minimum Gasteiger partial charge on any atom is -0.351 e. The zero-order valence-corrected chi connectivity index (χ0v) is 19.8. The molecule has 2 aromatic carbocycles. The van der Waals surface area contributed by atoms with Gasteiger partial charge >= 0.3 is 0 Å². The van der Waals surface area contributed by atoms with Crippen LogP contribution in [0.5, 0.6) is 0 Å². The number of hydrogen-bond donors (Lipinski definition) is 1. The van der Waals surface area contributed by atoms with Crippen molar-refractivity contribution in [3.63, 3.8) is 0 Å². The Kier molecular flexibility index (Phi) is 5.97. The van der Waals surface area contributed by atoms with Gasteiger partial charge in [0.15, 0.2) is 5.11 Å². The minimum atomic E-state index is -0.322. The van der Waals surface area contributed by atoms with Gasteiger partial charge in [-0.15, -0.1) is 11.3 Å². The van der Waals surface area contributed by atoms with Crippen molar-refractivity contribution < 1.29 is 8.91 Å². The highest BCUT2D eigenvalue weighted by Gasteiger charge is 2.34. The second-order valence-electron chi connectivity index (χ2n) is 7.55. The lowest BCUT2D eigenvalue weighted by Crippen LogP contribution is -2.45. The first-order chi connectivity index (χ1) is 16.0. The summed E-state index contributed by atoms with van der Waals surface area (Å²) in [4.78, 5) is 7.56. The minimum absolute atomic E-state index is 0.279. The molecule has 4 aromatic rings. The molecule has 9 heteroatoms. The Balaban J connectivity index is 1.60. The Morgan fingerprint density at radius 1 is 1.18 bits per heavy atom. The molecule has 1 N–H and O–H groups in total. The molecular formula is C24H18ClFN4OS2. The maximum absolute atomic E-state index is 13.4. The highest BCUT2D eigenvalue weighted by atomic mass is 35.5. The fraction of sp³-hybridized carbons (Fsp3) is 0.125. The van der Waals surface area contributed by atoms with Crippen LogP contribution in [-0.2, 0) is 6.54 Å². The van der Waals surface area contributed by atoms with Crippen molar-refractivity contribution in [1.82, 2.24) is 20.4 Å². The summed E-state index contributed by atoms with van der Waals surface area (Å²) in [5, 5.41) is 10.7. The molecular weight excluding hydrogens is 479 g/mol. The summed E-state index contributed by atoms with van der Waals surface area (Å²) in [6.07, 6.45) is 0. The van der Waals surface area contributed by atoms with Crippen LogP contribution in [0, 0.1) is 5.82 Å². The van der Waals surface area contributed by atoms with E-state index in [0.29, 0.717) is 28.4 Å². The zero-order chi connectivity index (χ0) is 22.9. The summed E-state index contributed by atoms with van der Waals surface area (Å²) >= 11 is 13.5. The van der Waals surface area contributed by atoms with E-state index in [4.69, 9.17) is 28.3 Å². The third-order valence-corrected chi connectivity index (χ3v) is 6.87. The van der Waals surface area contributed by atoms with Crippen molar-refractivity contribution in [3.05, 3.63) is 99.6 Å². The molecule has 5 rings (SSSR count). The van der Waals surface area contributed by atoms with Gasteiger partial charge in [0.05, 0.1) is 16.5 Å². The molecule has 0 saturated carbocycles. The highest BCUT2D eigenvalue weighted by Crippen LogP contribution is 2.38. The van der Waals surface area contributed by atoms with Gasteiger partial charge in [-0.25, -0.2) is 4.39 Å². The molecule has 3 heterocycles. The largest absolute Gasteiger partial charge is 0.351 e. The lowest BCUT2D eigenvalue weighted by Gasteiger charge is -2.37.